The molecule has 0 spiro atoms. The number of rotatable bonds is 2. The first-order valence-corrected chi connectivity index (χ1v) is 5.80. The minimum absolute atomic E-state index is 0.00812. The van der Waals surface area contributed by atoms with Crippen molar-refractivity contribution in [2.24, 2.45) is 5.73 Å². The molecule has 2 aromatic rings. The van der Waals surface area contributed by atoms with Gasteiger partial charge in [-0.2, -0.15) is 13.2 Å². The molecule has 4 nitrogen and oxygen atoms in total. The molecule has 0 fully saturated rings. The van der Waals surface area contributed by atoms with Crippen molar-refractivity contribution < 1.29 is 13.2 Å². The van der Waals surface area contributed by atoms with Crippen molar-refractivity contribution in [3.05, 3.63) is 28.7 Å². The molecule has 0 saturated carbocycles. The van der Waals surface area contributed by atoms with Crippen molar-refractivity contribution in [1.29, 1.82) is 0 Å². The Bertz CT molecular complexity index is 564. The molecule has 0 aliphatic heterocycles. The first-order valence-electron chi connectivity index (χ1n) is 4.99. The van der Waals surface area contributed by atoms with E-state index in [1.807, 2.05) is 0 Å². The van der Waals surface area contributed by atoms with E-state index in [9.17, 15) is 13.2 Å². The van der Waals surface area contributed by atoms with Crippen LogP contribution in [0.25, 0.3) is 10.7 Å². The van der Waals surface area contributed by atoms with Gasteiger partial charge >= 0.3 is 6.18 Å². The fourth-order valence-electron chi connectivity index (χ4n) is 1.40. The molecule has 2 rings (SSSR count). The third kappa shape index (κ3) is 2.49. The highest BCUT2D eigenvalue weighted by Crippen LogP contribution is 2.36. The quantitative estimate of drug-likeness (QED) is 0.913. The number of alkyl halides is 3. The second-order valence-electron chi connectivity index (χ2n) is 3.48. The summed E-state index contributed by atoms with van der Waals surface area (Å²) in [4.78, 5) is 11.5. The number of hydrogen-bond donors (Lipinski definition) is 1. The Balaban J connectivity index is 2.51. The molecule has 8 heteroatoms. The minimum atomic E-state index is -4.49. The first kappa shape index (κ1) is 12.9. The summed E-state index contributed by atoms with van der Waals surface area (Å²) in [5, 5.41) is 0.202. The van der Waals surface area contributed by atoms with Crippen LogP contribution in [0, 0.1) is 6.92 Å². The highest BCUT2D eigenvalue weighted by atomic mass is 32.1. The molecule has 0 atom stereocenters. The molecule has 0 aliphatic rings. The van der Waals surface area contributed by atoms with E-state index in [4.69, 9.17) is 5.73 Å². The number of aromatic nitrogens is 3. The Hall–Kier alpha value is -1.54. The Kier molecular flexibility index (Phi) is 3.31. The van der Waals surface area contributed by atoms with Gasteiger partial charge in [-0.25, -0.2) is 15.0 Å². The van der Waals surface area contributed by atoms with Crippen molar-refractivity contribution in [3.8, 4) is 10.7 Å². The van der Waals surface area contributed by atoms with Crippen LogP contribution in [-0.4, -0.2) is 15.0 Å². The van der Waals surface area contributed by atoms with Crippen LogP contribution in [0.4, 0.5) is 13.2 Å². The summed E-state index contributed by atoms with van der Waals surface area (Å²) >= 11 is 0.902. The van der Waals surface area contributed by atoms with Crippen LogP contribution < -0.4 is 5.73 Å². The van der Waals surface area contributed by atoms with Crippen LogP contribution in [0.1, 0.15) is 16.4 Å². The van der Waals surface area contributed by atoms with Gasteiger partial charge in [0, 0.05) is 12.7 Å². The average Bonchev–Trinajstić information content (AvgIpc) is 2.72. The van der Waals surface area contributed by atoms with Crippen LogP contribution in [0.15, 0.2) is 12.3 Å². The lowest BCUT2D eigenvalue weighted by atomic mass is 10.3. The lowest BCUT2D eigenvalue weighted by Crippen LogP contribution is -2.10. The van der Waals surface area contributed by atoms with Crippen LogP contribution in [0.3, 0.4) is 0 Å². The van der Waals surface area contributed by atoms with Gasteiger partial charge < -0.3 is 5.73 Å². The summed E-state index contributed by atoms with van der Waals surface area (Å²) in [7, 11) is 0. The Morgan fingerprint density at radius 1 is 1.33 bits per heavy atom. The van der Waals surface area contributed by atoms with Crippen molar-refractivity contribution in [1.82, 2.24) is 15.0 Å². The molecule has 0 radical (unpaired) electrons. The normalized spacial score (nSPS) is 11.8. The van der Waals surface area contributed by atoms with Gasteiger partial charge in [0.1, 0.15) is 16.5 Å². The predicted molar refractivity (Wildman–Crippen MR) is 60.8 cm³/mol. The van der Waals surface area contributed by atoms with Crippen LogP contribution in [0.5, 0.6) is 0 Å². The molecule has 0 aliphatic carbocycles. The van der Waals surface area contributed by atoms with Gasteiger partial charge in [0.25, 0.3) is 0 Å². The van der Waals surface area contributed by atoms with E-state index < -0.39 is 11.9 Å². The maximum absolute atomic E-state index is 12.7. The fraction of sp³-hybridized carbons (Fsp3) is 0.300. The number of hydrogen-bond acceptors (Lipinski definition) is 5. The second-order valence-corrected chi connectivity index (χ2v) is 4.57. The van der Waals surface area contributed by atoms with Gasteiger partial charge in [0.05, 0.1) is 4.88 Å². The van der Waals surface area contributed by atoms with Crippen molar-refractivity contribution in [2.45, 2.75) is 19.6 Å². The summed E-state index contributed by atoms with van der Waals surface area (Å²) in [6, 6.07) is 1.52. The zero-order valence-electron chi connectivity index (χ0n) is 9.32. The SMILES string of the molecule is Cc1nccc(-c2nc(C(F)(F)F)c(CN)s2)n1. The summed E-state index contributed by atoms with van der Waals surface area (Å²) in [6.45, 7) is 1.46. The molecule has 0 amide bonds. The van der Waals surface area contributed by atoms with E-state index in [-0.39, 0.29) is 16.4 Å². The smallest absolute Gasteiger partial charge is 0.326 e. The lowest BCUT2D eigenvalue weighted by molar-refractivity contribution is -0.141. The standard InChI is InChI=1S/C10H9F3N4S/c1-5-15-3-2-6(16-5)9-17-8(10(11,12)13)7(4-14)18-9/h2-3H,4,14H2,1H3. The van der Waals surface area contributed by atoms with Crippen molar-refractivity contribution in [3.63, 3.8) is 0 Å². The highest BCUT2D eigenvalue weighted by molar-refractivity contribution is 7.15. The Labute approximate surface area is 105 Å². The van der Waals surface area contributed by atoms with Gasteiger partial charge in [0.15, 0.2) is 5.69 Å². The summed E-state index contributed by atoms with van der Waals surface area (Å²) in [5.41, 5.74) is 4.75. The fourth-order valence-corrected chi connectivity index (χ4v) is 2.33. The predicted octanol–water partition coefficient (Wildman–Crippen LogP) is 2.39. The highest BCUT2D eigenvalue weighted by Gasteiger charge is 2.37. The van der Waals surface area contributed by atoms with E-state index in [0.717, 1.165) is 11.3 Å². The van der Waals surface area contributed by atoms with Gasteiger partial charge in [-0.3, -0.25) is 0 Å². The van der Waals surface area contributed by atoms with Crippen LogP contribution >= 0.6 is 11.3 Å². The number of halogens is 3. The molecule has 0 saturated heterocycles. The largest absolute Gasteiger partial charge is 0.434 e. The minimum Gasteiger partial charge on any atom is -0.326 e. The molecule has 0 aromatic carbocycles. The Morgan fingerprint density at radius 2 is 2.06 bits per heavy atom. The lowest BCUT2D eigenvalue weighted by Gasteiger charge is -2.03. The van der Waals surface area contributed by atoms with Crippen LogP contribution in [0.2, 0.25) is 0 Å². The number of nitrogens with two attached hydrogens (primary N) is 1. The third-order valence-corrected chi connectivity index (χ3v) is 3.25. The molecule has 2 aromatic heterocycles. The molecule has 0 unspecified atom stereocenters. The van der Waals surface area contributed by atoms with Crippen molar-refractivity contribution >= 4 is 11.3 Å². The molecule has 18 heavy (non-hydrogen) atoms. The van der Waals surface area contributed by atoms with Gasteiger partial charge in [-0.1, -0.05) is 0 Å². The zero-order chi connectivity index (χ0) is 13.3. The van der Waals surface area contributed by atoms with Gasteiger partial charge in [-0.15, -0.1) is 11.3 Å². The Morgan fingerprint density at radius 3 is 2.56 bits per heavy atom. The number of thiazole rings is 1. The first-order chi connectivity index (χ1) is 8.41. The molecule has 2 heterocycles. The average molecular weight is 274 g/mol. The van der Waals surface area contributed by atoms with Gasteiger partial charge in [-0.05, 0) is 13.0 Å². The van der Waals surface area contributed by atoms with Crippen LogP contribution in [-0.2, 0) is 12.7 Å². The summed E-state index contributed by atoms with van der Waals surface area (Å²) in [5.74, 6) is 0.477. The summed E-state index contributed by atoms with van der Waals surface area (Å²) < 4.78 is 38.1. The van der Waals surface area contributed by atoms with E-state index >= 15 is 0 Å². The topological polar surface area (TPSA) is 64.7 Å². The zero-order valence-corrected chi connectivity index (χ0v) is 10.1. The van der Waals surface area contributed by atoms with Crippen molar-refractivity contribution in [2.75, 3.05) is 0 Å². The number of aryl methyl sites for hydroxylation is 1. The molecular weight excluding hydrogens is 265 g/mol. The molecule has 0 bridgehead atoms. The third-order valence-electron chi connectivity index (χ3n) is 2.15. The second kappa shape index (κ2) is 4.62. The molecular formula is C10H9F3N4S. The van der Waals surface area contributed by atoms with E-state index in [2.05, 4.69) is 15.0 Å². The van der Waals surface area contributed by atoms with E-state index in [0.29, 0.717) is 11.5 Å². The maximum atomic E-state index is 12.7. The molecule has 96 valence electrons. The van der Waals surface area contributed by atoms with E-state index in [1.54, 1.807) is 6.92 Å². The maximum Gasteiger partial charge on any atom is 0.434 e. The number of nitrogens with zero attached hydrogens (tertiary/aromatic N) is 3. The van der Waals surface area contributed by atoms with E-state index in [1.165, 1.54) is 12.3 Å². The van der Waals surface area contributed by atoms with Gasteiger partial charge in [0.2, 0.25) is 0 Å². The molecule has 2 N–H and O–H groups in total. The monoisotopic (exact) mass is 274 g/mol. The summed E-state index contributed by atoms with van der Waals surface area (Å²) in [6.07, 6.45) is -3.01.